The Hall–Kier alpha value is -1.88. The van der Waals surface area contributed by atoms with E-state index in [0.29, 0.717) is 0 Å². The lowest BCUT2D eigenvalue weighted by molar-refractivity contribution is 0.0702. The SMILES string of the molecule is CN1CCCc2cc(-c3ncc(C(=O)O)s3)ccc21. The first kappa shape index (κ1) is 12.2. The fourth-order valence-corrected chi connectivity index (χ4v) is 3.18. The third kappa shape index (κ3) is 2.21. The van der Waals surface area contributed by atoms with Crippen molar-refractivity contribution in [3.63, 3.8) is 0 Å². The van der Waals surface area contributed by atoms with Gasteiger partial charge in [-0.05, 0) is 36.6 Å². The molecular formula is C14H14N2O2S. The molecule has 0 radical (unpaired) electrons. The summed E-state index contributed by atoms with van der Waals surface area (Å²) in [7, 11) is 2.10. The number of carboxylic acid groups (broad SMARTS) is 1. The third-order valence-corrected chi connectivity index (χ3v) is 4.43. The van der Waals surface area contributed by atoms with E-state index in [0.717, 1.165) is 30.0 Å². The van der Waals surface area contributed by atoms with Crippen LogP contribution in [0, 0.1) is 0 Å². The molecule has 0 amide bonds. The van der Waals surface area contributed by atoms with Gasteiger partial charge in [0.2, 0.25) is 0 Å². The van der Waals surface area contributed by atoms with E-state index in [1.165, 1.54) is 28.8 Å². The summed E-state index contributed by atoms with van der Waals surface area (Å²) in [5.41, 5.74) is 3.59. The van der Waals surface area contributed by atoms with Crippen LogP contribution in [-0.4, -0.2) is 29.7 Å². The Morgan fingerprint density at radius 3 is 3.05 bits per heavy atom. The number of carbonyl (C=O) groups is 1. The first-order valence-electron chi connectivity index (χ1n) is 6.19. The van der Waals surface area contributed by atoms with Crippen molar-refractivity contribution in [2.75, 3.05) is 18.5 Å². The van der Waals surface area contributed by atoms with Gasteiger partial charge in [0.1, 0.15) is 9.88 Å². The Morgan fingerprint density at radius 1 is 1.47 bits per heavy atom. The van der Waals surface area contributed by atoms with Gasteiger partial charge in [-0.3, -0.25) is 0 Å². The minimum absolute atomic E-state index is 0.282. The molecule has 1 N–H and O–H groups in total. The van der Waals surface area contributed by atoms with Gasteiger partial charge in [-0.15, -0.1) is 11.3 Å². The number of aromatic nitrogens is 1. The van der Waals surface area contributed by atoms with Gasteiger partial charge in [-0.1, -0.05) is 0 Å². The molecule has 1 aliphatic heterocycles. The Balaban J connectivity index is 1.99. The molecule has 2 aromatic rings. The lowest BCUT2D eigenvalue weighted by atomic mass is 10.00. The van der Waals surface area contributed by atoms with Gasteiger partial charge in [-0.2, -0.15) is 0 Å². The maximum Gasteiger partial charge on any atom is 0.347 e. The van der Waals surface area contributed by atoms with Crippen molar-refractivity contribution in [3.8, 4) is 10.6 Å². The van der Waals surface area contributed by atoms with Crippen LogP contribution in [0.3, 0.4) is 0 Å². The Kier molecular flexibility index (Phi) is 2.98. The quantitative estimate of drug-likeness (QED) is 0.915. The molecule has 0 saturated heterocycles. The zero-order valence-electron chi connectivity index (χ0n) is 10.6. The van der Waals surface area contributed by atoms with Crippen molar-refractivity contribution in [2.24, 2.45) is 0 Å². The molecule has 0 unspecified atom stereocenters. The van der Waals surface area contributed by atoms with Crippen molar-refractivity contribution >= 4 is 23.0 Å². The minimum atomic E-state index is -0.915. The van der Waals surface area contributed by atoms with Gasteiger partial charge in [0.05, 0.1) is 6.20 Å². The molecule has 1 aromatic heterocycles. The topological polar surface area (TPSA) is 53.4 Å². The van der Waals surface area contributed by atoms with E-state index in [-0.39, 0.29) is 4.88 Å². The van der Waals surface area contributed by atoms with Crippen molar-refractivity contribution in [3.05, 3.63) is 34.8 Å². The van der Waals surface area contributed by atoms with Crippen LogP contribution in [0.15, 0.2) is 24.4 Å². The van der Waals surface area contributed by atoms with Gasteiger partial charge >= 0.3 is 5.97 Å². The summed E-state index contributed by atoms with van der Waals surface area (Å²) in [4.78, 5) is 17.6. The number of benzene rings is 1. The zero-order valence-corrected chi connectivity index (χ0v) is 11.4. The van der Waals surface area contributed by atoms with Gasteiger partial charge in [0.25, 0.3) is 0 Å². The first-order chi connectivity index (χ1) is 9.15. The van der Waals surface area contributed by atoms with Crippen molar-refractivity contribution in [1.29, 1.82) is 0 Å². The highest BCUT2D eigenvalue weighted by Gasteiger charge is 2.16. The van der Waals surface area contributed by atoms with Crippen molar-refractivity contribution < 1.29 is 9.90 Å². The molecule has 0 fully saturated rings. The molecule has 0 saturated carbocycles. The van der Waals surface area contributed by atoms with E-state index >= 15 is 0 Å². The molecule has 3 rings (SSSR count). The van der Waals surface area contributed by atoms with Crippen LogP contribution in [0.4, 0.5) is 5.69 Å². The second-order valence-corrected chi connectivity index (χ2v) is 5.73. The molecule has 0 aliphatic carbocycles. The lowest BCUT2D eigenvalue weighted by Crippen LogP contribution is -2.24. The number of thiazole rings is 1. The van der Waals surface area contributed by atoms with Crippen LogP contribution in [0.1, 0.15) is 21.7 Å². The van der Waals surface area contributed by atoms with Gasteiger partial charge < -0.3 is 10.0 Å². The fourth-order valence-electron chi connectivity index (χ4n) is 2.42. The second kappa shape index (κ2) is 4.66. The molecule has 5 heteroatoms. The second-order valence-electron chi connectivity index (χ2n) is 4.70. The van der Waals surface area contributed by atoms with E-state index in [1.54, 1.807) is 0 Å². The number of nitrogens with zero attached hydrogens (tertiary/aromatic N) is 2. The number of anilines is 1. The highest BCUT2D eigenvalue weighted by atomic mass is 32.1. The molecule has 2 heterocycles. The molecule has 0 spiro atoms. The average molecular weight is 274 g/mol. The van der Waals surface area contributed by atoms with Crippen LogP contribution in [-0.2, 0) is 6.42 Å². The van der Waals surface area contributed by atoms with E-state index in [2.05, 4.69) is 29.1 Å². The molecule has 0 bridgehead atoms. The highest BCUT2D eigenvalue weighted by molar-refractivity contribution is 7.16. The predicted molar refractivity (Wildman–Crippen MR) is 76.1 cm³/mol. The average Bonchev–Trinajstić information content (AvgIpc) is 2.88. The number of hydrogen-bond acceptors (Lipinski definition) is 4. The third-order valence-electron chi connectivity index (χ3n) is 3.39. The summed E-state index contributed by atoms with van der Waals surface area (Å²) in [6, 6.07) is 6.26. The van der Waals surface area contributed by atoms with Crippen molar-refractivity contribution in [1.82, 2.24) is 4.98 Å². The summed E-state index contributed by atoms with van der Waals surface area (Å²) in [6.45, 7) is 1.09. The molecule has 4 nitrogen and oxygen atoms in total. The van der Waals surface area contributed by atoms with E-state index in [1.807, 2.05) is 6.07 Å². The van der Waals surface area contributed by atoms with Crippen LogP contribution in [0.2, 0.25) is 0 Å². The summed E-state index contributed by atoms with van der Waals surface area (Å²) in [5, 5.41) is 9.71. The smallest absolute Gasteiger partial charge is 0.347 e. The van der Waals surface area contributed by atoms with Crippen LogP contribution < -0.4 is 4.90 Å². The van der Waals surface area contributed by atoms with Gasteiger partial charge in [-0.25, -0.2) is 9.78 Å². The van der Waals surface area contributed by atoms with Gasteiger partial charge in [0, 0.05) is 24.8 Å². The van der Waals surface area contributed by atoms with Crippen LogP contribution in [0.25, 0.3) is 10.6 Å². The highest BCUT2D eigenvalue weighted by Crippen LogP contribution is 2.32. The largest absolute Gasteiger partial charge is 0.477 e. The molecule has 1 aromatic carbocycles. The zero-order chi connectivity index (χ0) is 13.4. The number of aryl methyl sites for hydroxylation is 1. The van der Waals surface area contributed by atoms with Crippen LogP contribution in [0.5, 0.6) is 0 Å². The number of hydrogen-bond donors (Lipinski definition) is 1. The van der Waals surface area contributed by atoms with E-state index in [4.69, 9.17) is 5.11 Å². The normalized spacial score (nSPS) is 14.3. The van der Waals surface area contributed by atoms with Crippen LogP contribution >= 0.6 is 11.3 Å². The summed E-state index contributed by atoms with van der Waals surface area (Å²) >= 11 is 1.22. The molecular weight excluding hydrogens is 260 g/mol. The molecule has 98 valence electrons. The number of aromatic carboxylic acids is 1. The Bertz CT molecular complexity index is 636. The minimum Gasteiger partial charge on any atom is -0.477 e. The van der Waals surface area contributed by atoms with E-state index < -0.39 is 5.97 Å². The predicted octanol–water partition coefficient (Wildman–Crippen LogP) is 2.89. The summed E-state index contributed by atoms with van der Waals surface area (Å²) < 4.78 is 0. The number of fused-ring (bicyclic) bond motifs is 1. The first-order valence-corrected chi connectivity index (χ1v) is 7.00. The van der Waals surface area contributed by atoms with E-state index in [9.17, 15) is 4.79 Å². The number of carboxylic acids is 1. The van der Waals surface area contributed by atoms with Crippen molar-refractivity contribution in [2.45, 2.75) is 12.8 Å². The molecule has 0 atom stereocenters. The Morgan fingerprint density at radius 2 is 2.32 bits per heavy atom. The maximum atomic E-state index is 10.9. The monoisotopic (exact) mass is 274 g/mol. The summed E-state index contributed by atoms with van der Waals surface area (Å²) in [5.74, 6) is -0.915. The number of rotatable bonds is 2. The lowest BCUT2D eigenvalue weighted by Gasteiger charge is -2.27. The van der Waals surface area contributed by atoms with Gasteiger partial charge in [0.15, 0.2) is 0 Å². The standard InChI is InChI=1S/C14H14N2O2S/c1-16-6-2-3-9-7-10(4-5-11(9)16)13-15-8-12(19-13)14(17)18/h4-5,7-8H,2-3,6H2,1H3,(H,17,18). The molecule has 1 aliphatic rings. The summed E-state index contributed by atoms with van der Waals surface area (Å²) in [6.07, 6.45) is 3.66. The molecule has 19 heavy (non-hydrogen) atoms. The Labute approximate surface area is 115 Å². The maximum absolute atomic E-state index is 10.9. The fraction of sp³-hybridized carbons (Fsp3) is 0.286.